The Balaban J connectivity index is 0.00000220. The number of carbonyl (C=O) groups is 1. The smallest absolute Gasteiger partial charge is 0.224 e. The molecule has 0 radical (unpaired) electrons. The number of carbonyl (C=O) groups excluding carboxylic acids is 1. The fraction of sp³-hybridized carbons (Fsp3) is 0.533. The molecule has 1 saturated heterocycles. The standard InChI is InChI=1S/C15H21BrN2OS.ClH/c1-15(2,20-13-5-3-12(16)4-6-13)10-18-14(19)11-7-8-17-9-11;/h3-6,11,17H,7-10H2,1-2H3,(H,18,19);1H. The summed E-state index contributed by atoms with van der Waals surface area (Å²) in [5, 5.41) is 6.31. The van der Waals surface area contributed by atoms with Crippen molar-refractivity contribution in [2.75, 3.05) is 19.6 Å². The van der Waals surface area contributed by atoms with Gasteiger partial charge in [-0.15, -0.1) is 24.2 Å². The summed E-state index contributed by atoms with van der Waals surface area (Å²) < 4.78 is 1.07. The summed E-state index contributed by atoms with van der Waals surface area (Å²) in [5.74, 6) is 0.322. The Hall–Kier alpha value is -0.230. The van der Waals surface area contributed by atoms with Gasteiger partial charge >= 0.3 is 0 Å². The maximum absolute atomic E-state index is 12.0. The van der Waals surface area contributed by atoms with Crippen LogP contribution in [0.15, 0.2) is 33.6 Å². The van der Waals surface area contributed by atoms with Gasteiger partial charge in [-0.05, 0) is 51.1 Å². The number of halogens is 2. The van der Waals surface area contributed by atoms with E-state index in [0.29, 0.717) is 6.54 Å². The molecule has 3 nitrogen and oxygen atoms in total. The third-order valence-corrected chi connectivity index (χ3v) is 5.06. The first-order valence-electron chi connectivity index (χ1n) is 6.89. The molecule has 0 spiro atoms. The minimum atomic E-state index is -0.0183. The molecule has 1 atom stereocenters. The predicted molar refractivity (Wildman–Crippen MR) is 95.3 cm³/mol. The van der Waals surface area contributed by atoms with E-state index in [2.05, 4.69) is 52.5 Å². The first kappa shape index (κ1) is 18.8. The number of amides is 1. The van der Waals surface area contributed by atoms with Gasteiger partial charge in [0.25, 0.3) is 0 Å². The molecule has 1 aromatic rings. The van der Waals surface area contributed by atoms with Crippen LogP contribution < -0.4 is 10.6 Å². The Morgan fingerprint density at radius 1 is 1.43 bits per heavy atom. The van der Waals surface area contributed by atoms with Crippen molar-refractivity contribution in [1.82, 2.24) is 10.6 Å². The van der Waals surface area contributed by atoms with Crippen molar-refractivity contribution in [3.8, 4) is 0 Å². The number of rotatable bonds is 5. The van der Waals surface area contributed by atoms with Crippen molar-refractivity contribution in [3.63, 3.8) is 0 Å². The summed E-state index contributed by atoms with van der Waals surface area (Å²) in [4.78, 5) is 13.2. The van der Waals surface area contributed by atoms with Gasteiger partial charge < -0.3 is 10.6 Å². The molecule has 1 amide bonds. The predicted octanol–water partition coefficient (Wildman–Crippen LogP) is 3.47. The van der Waals surface area contributed by atoms with Crippen LogP contribution in [0.5, 0.6) is 0 Å². The molecule has 1 unspecified atom stereocenters. The Morgan fingerprint density at radius 2 is 2.10 bits per heavy atom. The normalized spacial score (nSPS) is 18.1. The van der Waals surface area contributed by atoms with E-state index in [1.165, 1.54) is 4.90 Å². The van der Waals surface area contributed by atoms with Gasteiger partial charge in [0.15, 0.2) is 0 Å². The summed E-state index contributed by atoms with van der Waals surface area (Å²) in [6.45, 7) is 6.77. The molecule has 118 valence electrons. The number of nitrogens with one attached hydrogen (secondary N) is 2. The number of thioether (sulfide) groups is 1. The largest absolute Gasteiger partial charge is 0.354 e. The van der Waals surface area contributed by atoms with E-state index in [4.69, 9.17) is 0 Å². The van der Waals surface area contributed by atoms with Crippen LogP contribution in [0.2, 0.25) is 0 Å². The van der Waals surface area contributed by atoms with Crippen molar-refractivity contribution in [3.05, 3.63) is 28.7 Å². The summed E-state index contributed by atoms with van der Waals surface area (Å²) in [5.41, 5.74) is 0. The minimum absolute atomic E-state index is 0. The van der Waals surface area contributed by atoms with Crippen molar-refractivity contribution >= 4 is 46.0 Å². The zero-order valence-corrected chi connectivity index (χ0v) is 15.5. The van der Waals surface area contributed by atoms with Gasteiger partial charge in [-0.2, -0.15) is 0 Å². The quantitative estimate of drug-likeness (QED) is 0.753. The lowest BCUT2D eigenvalue weighted by molar-refractivity contribution is -0.124. The lowest BCUT2D eigenvalue weighted by Gasteiger charge is -2.25. The van der Waals surface area contributed by atoms with Crippen LogP contribution in [0, 0.1) is 5.92 Å². The van der Waals surface area contributed by atoms with Gasteiger partial charge in [0.1, 0.15) is 0 Å². The lowest BCUT2D eigenvalue weighted by atomic mass is 10.1. The molecule has 0 aromatic heterocycles. The van der Waals surface area contributed by atoms with Gasteiger partial charge in [0.2, 0.25) is 5.91 Å². The zero-order chi connectivity index (χ0) is 14.6. The molecule has 21 heavy (non-hydrogen) atoms. The number of hydrogen-bond acceptors (Lipinski definition) is 3. The molecule has 2 rings (SSSR count). The van der Waals surface area contributed by atoms with Crippen molar-refractivity contribution in [2.24, 2.45) is 5.92 Å². The van der Waals surface area contributed by atoms with E-state index in [0.717, 1.165) is 24.0 Å². The molecule has 0 saturated carbocycles. The highest BCUT2D eigenvalue weighted by atomic mass is 79.9. The fourth-order valence-electron chi connectivity index (χ4n) is 2.18. The second-order valence-corrected chi connectivity index (χ2v) is 8.42. The third-order valence-electron chi connectivity index (χ3n) is 3.33. The van der Waals surface area contributed by atoms with Crippen LogP contribution in [-0.4, -0.2) is 30.3 Å². The Kier molecular flexibility index (Phi) is 7.54. The molecule has 6 heteroatoms. The van der Waals surface area contributed by atoms with Crippen LogP contribution in [0.4, 0.5) is 0 Å². The second kappa shape index (κ2) is 8.42. The maximum atomic E-state index is 12.0. The van der Waals surface area contributed by atoms with Crippen LogP contribution in [0.1, 0.15) is 20.3 Å². The molecule has 1 fully saturated rings. The SMILES string of the molecule is CC(C)(CNC(=O)C1CCNC1)Sc1ccc(Br)cc1.Cl. The molecular weight excluding hydrogens is 372 g/mol. The van der Waals surface area contributed by atoms with E-state index in [-0.39, 0.29) is 29.0 Å². The zero-order valence-electron chi connectivity index (χ0n) is 12.3. The van der Waals surface area contributed by atoms with Gasteiger partial charge in [0.05, 0.1) is 5.92 Å². The summed E-state index contributed by atoms with van der Waals surface area (Å²) in [6, 6.07) is 8.28. The first-order valence-corrected chi connectivity index (χ1v) is 8.50. The van der Waals surface area contributed by atoms with Gasteiger partial charge in [-0.25, -0.2) is 0 Å². The van der Waals surface area contributed by atoms with Crippen LogP contribution in [0.3, 0.4) is 0 Å². The first-order chi connectivity index (χ1) is 9.46. The second-order valence-electron chi connectivity index (χ2n) is 5.72. The van der Waals surface area contributed by atoms with E-state index in [9.17, 15) is 4.79 Å². The van der Waals surface area contributed by atoms with Gasteiger partial charge in [-0.1, -0.05) is 15.9 Å². The Labute approximate surface area is 145 Å². The topological polar surface area (TPSA) is 41.1 Å². The van der Waals surface area contributed by atoms with Crippen molar-refractivity contribution in [1.29, 1.82) is 0 Å². The average Bonchev–Trinajstić information content (AvgIpc) is 2.93. The summed E-state index contributed by atoms with van der Waals surface area (Å²) in [7, 11) is 0. The van der Waals surface area contributed by atoms with Gasteiger partial charge in [-0.3, -0.25) is 4.79 Å². The fourth-order valence-corrected chi connectivity index (χ4v) is 3.50. The third kappa shape index (κ3) is 6.19. The molecule has 1 aromatic carbocycles. The van der Waals surface area contributed by atoms with Gasteiger partial charge in [0, 0.05) is 27.2 Å². The van der Waals surface area contributed by atoms with Crippen LogP contribution in [-0.2, 0) is 4.79 Å². The highest BCUT2D eigenvalue weighted by molar-refractivity contribution is 9.10. The van der Waals surface area contributed by atoms with E-state index >= 15 is 0 Å². The van der Waals surface area contributed by atoms with E-state index < -0.39 is 0 Å². The highest BCUT2D eigenvalue weighted by Gasteiger charge is 2.25. The van der Waals surface area contributed by atoms with E-state index in [1.807, 2.05) is 12.1 Å². The van der Waals surface area contributed by atoms with Crippen molar-refractivity contribution < 1.29 is 4.79 Å². The molecule has 2 N–H and O–H groups in total. The summed E-state index contributed by atoms with van der Waals surface area (Å²) in [6.07, 6.45) is 0.951. The Bertz CT molecular complexity index is 461. The molecule has 1 aliphatic rings. The number of benzene rings is 1. The van der Waals surface area contributed by atoms with Crippen LogP contribution >= 0.6 is 40.1 Å². The lowest BCUT2D eigenvalue weighted by Crippen LogP contribution is -2.40. The van der Waals surface area contributed by atoms with E-state index in [1.54, 1.807) is 11.8 Å². The van der Waals surface area contributed by atoms with Crippen LogP contribution in [0.25, 0.3) is 0 Å². The minimum Gasteiger partial charge on any atom is -0.354 e. The Morgan fingerprint density at radius 3 is 2.67 bits per heavy atom. The molecular formula is C15H22BrClN2OS. The molecule has 1 aliphatic heterocycles. The maximum Gasteiger partial charge on any atom is 0.224 e. The van der Waals surface area contributed by atoms with Crippen molar-refractivity contribution in [2.45, 2.75) is 29.9 Å². The number of hydrogen-bond donors (Lipinski definition) is 2. The molecule has 1 heterocycles. The monoisotopic (exact) mass is 392 g/mol. The summed E-state index contributed by atoms with van der Waals surface area (Å²) >= 11 is 5.23. The highest BCUT2D eigenvalue weighted by Crippen LogP contribution is 2.32. The average molecular weight is 394 g/mol. The molecule has 0 aliphatic carbocycles. The molecule has 0 bridgehead atoms.